The molecule has 1 aliphatic rings. The van der Waals surface area contributed by atoms with Crippen LogP contribution in [0.1, 0.15) is 35.7 Å². The highest BCUT2D eigenvalue weighted by atomic mass is 16.5. The number of ether oxygens (including phenoxy) is 2. The number of amides is 2. The number of benzene rings is 2. The normalized spacial score (nSPS) is 16.0. The van der Waals surface area contributed by atoms with Gasteiger partial charge in [0.05, 0.1) is 13.0 Å². The van der Waals surface area contributed by atoms with Crippen LogP contribution in [0, 0.1) is 0 Å². The summed E-state index contributed by atoms with van der Waals surface area (Å²) in [5.41, 5.74) is 1.30. The van der Waals surface area contributed by atoms with Crippen molar-refractivity contribution in [1.82, 2.24) is 10.2 Å². The molecule has 0 aliphatic carbocycles. The Hall–Kier alpha value is -3.35. The Labute approximate surface area is 176 Å². The molecule has 0 radical (unpaired) electrons. The number of esters is 1. The van der Waals surface area contributed by atoms with E-state index in [1.54, 1.807) is 24.3 Å². The van der Waals surface area contributed by atoms with Crippen molar-refractivity contribution in [3.8, 4) is 5.75 Å². The van der Waals surface area contributed by atoms with Gasteiger partial charge in [0.2, 0.25) is 5.91 Å². The molecule has 1 N–H and O–H groups in total. The molecular weight excluding hydrogens is 384 g/mol. The van der Waals surface area contributed by atoms with E-state index in [0.29, 0.717) is 31.0 Å². The van der Waals surface area contributed by atoms with E-state index >= 15 is 0 Å². The molecule has 0 bridgehead atoms. The van der Waals surface area contributed by atoms with Gasteiger partial charge in [-0.1, -0.05) is 37.3 Å². The van der Waals surface area contributed by atoms with Gasteiger partial charge in [-0.15, -0.1) is 0 Å². The van der Waals surface area contributed by atoms with Gasteiger partial charge in [0.25, 0.3) is 5.91 Å². The highest BCUT2D eigenvalue weighted by molar-refractivity contribution is 5.99. The van der Waals surface area contributed by atoms with Crippen molar-refractivity contribution in [2.75, 3.05) is 19.7 Å². The summed E-state index contributed by atoms with van der Waals surface area (Å²) in [6, 6.07) is 15.2. The molecule has 1 saturated heterocycles. The number of hydrogen-bond donors (Lipinski definition) is 1. The lowest BCUT2D eigenvalue weighted by atomic mass is 10.1. The van der Waals surface area contributed by atoms with Gasteiger partial charge in [0.1, 0.15) is 18.4 Å². The molecule has 30 heavy (non-hydrogen) atoms. The molecular formula is C23H26N2O5. The van der Waals surface area contributed by atoms with Gasteiger partial charge in [0.15, 0.2) is 0 Å². The molecule has 0 spiro atoms. The highest BCUT2D eigenvalue weighted by Gasteiger charge is 2.35. The minimum absolute atomic E-state index is 0.126. The van der Waals surface area contributed by atoms with Crippen LogP contribution in [0.3, 0.4) is 0 Å². The van der Waals surface area contributed by atoms with Crippen LogP contribution in [0.15, 0.2) is 54.6 Å². The van der Waals surface area contributed by atoms with E-state index < -0.39 is 12.0 Å². The maximum absolute atomic E-state index is 13.0. The number of carbonyl (C=O) groups is 3. The molecule has 1 atom stereocenters. The predicted octanol–water partition coefficient (Wildman–Crippen LogP) is 2.55. The van der Waals surface area contributed by atoms with Crippen LogP contribution in [0.4, 0.5) is 0 Å². The third kappa shape index (κ3) is 5.59. The second-order valence-corrected chi connectivity index (χ2v) is 7.03. The zero-order valence-electron chi connectivity index (χ0n) is 17.0. The third-order valence-corrected chi connectivity index (χ3v) is 4.77. The molecule has 7 nitrogen and oxygen atoms in total. The monoisotopic (exact) mass is 410 g/mol. The van der Waals surface area contributed by atoms with E-state index in [1.165, 1.54) is 4.90 Å². The minimum Gasteiger partial charge on any atom is -0.494 e. The van der Waals surface area contributed by atoms with Gasteiger partial charge < -0.3 is 19.7 Å². The van der Waals surface area contributed by atoms with E-state index in [4.69, 9.17) is 9.47 Å². The van der Waals surface area contributed by atoms with Crippen molar-refractivity contribution in [3.63, 3.8) is 0 Å². The number of piperazine rings is 1. The lowest BCUT2D eigenvalue weighted by Gasteiger charge is -2.34. The molecule has 2 aromatic carbocycles. The number of hydrogen-bond acceptors (Lipinski definition) is 5. The Morgan fingerprint density at radius 3 is 2.53 bits per heavy atom. The van der Waals surface area contributed by atoms with Crippen molar-refractivity contribution < 1.29 is 23.9 Å². The summed E-state index contributed by atoms with van der Waals surface area (Å²) in [5.74, 6) is -0.491. The first-order valence-electron chi connectivity index (χ1n) is 10.1. The summed E-state index contributed by atoms with van der Waals surface area (Å²) in [6.07, 6.45) is 0.702. The van der Waals surface area contributed by atoms with Crippen molar-refractivity contribution in [1.29, 1.82) is 0 Å². The number of rotatable bonds is 8. The largest absolute Gasteiger partial charge is 0.494 e. The third-order valence-electron chi connectivity index (χ3n) is 4.77. The summed E-state index contributed by atoms with van der Waals surface area (Å²) in [5, 5.41) is 2.72. The number of nitrogens with zero attached hydrogens (tertiary/aromatic N) is 1. The maximum Gasteiger partial charge on any atom is 0.308 e. The lowest BCUT2D eigenvalue weighted by molar-refractivity contribution is -0.148. The van der Waals surface area contributed by atoms with Gasteiger partial charge >= 0.3 is 5.97 Å². The number of carbonyl (C=O) groups excluding carboxylic acids is 3. The first kappa shape index (κ1) is 21.4. The maximum atomic E-state index is 13.0. The summed E-state index contributed by atoms with van der Waals surface area (Å²) < 4.78 is 10.8. The second kappa shape index (κ2) is 10.4. The van der Waals surface area contributed by atoms with Crippen LogP contribution in [-0.2, 0) is 20.9 Å². The van der Waals surface area contributed by atoms with Gasteiger partial charge in [-0.2, -0.15) is 0 Å². The van der Waals surface area contributed by atoms with Crippen LogP contribution in [0.25, 0.3) is 0 Å². The van der Waals surface area contributed by atoms with Crippen LogP contribution in [-0.4, -0.2) is 48.4 Å². The predicted molar refractivity (Wildman–Crippen MR) is 111 cm³/mol. The first-order valence-corrected chi connectivity index (χ1v) is 10.1. The van der Waals surface area contributed by atoms with Crippen LogP contribution >= 0.6 is 0 Å². The topological polar surface area (TPSA) is 84.9 Å². The van der Waals surface area contributed by atoms with E-state index in [9.17, 15) is 14.4 Å². The Morgan fingerprint density at radius 2 is 1.83 bits per heavy atom. The zero-order valence-corrected chi connectivity index (χ0v) is 17.0. The summed E-state index contributed by atoms with van der Waals surface area (Å²) in [6.45, 7) is 3.42. The molecule has 1 heterocycles. The average molecular weight is 410 g/mol. The van der Waals surface area contributed by atoms with Gasteiger partial charge in [-0.3, -0.25) is 14.4 Å². The van der Waals surface area contributed by atoms with E-state index in [0.717, 1.165) is 12.0 Å². The van der Waals surface area contributed by atoms with Crippen molar-refractivity contribution in [3.05, 3.63) is 65.7 Å². The van der Waals surface area contributed by atoms with E-state index in [2.05, 4.69) is 5.32 Å². The van der Waals surface area contributed by atoms with Gasteiger partial charge in [-0.25, -0.2) is 0 Å². The molecule has 1 unspecified atom stereocenters. The van der Waals surface area contributed by atoms with E-state index in [-0.39, 0.29) is 24.8 Å². The fourth-order valence-electron chi connectivity index (χ4n) is 3.20. The van der Waals surface area contributed by atoms with Crippen LogP contribution in [0.2, 0.25) is 0 Å². The lowest BCUT2D eigenvalue weighted by Crippen LogP contribution is -2.57. The Balaban J connectivity index is 1.64. The quantitative estimate of drug-likeness (QED) is 0.676. The Bertz CT molecular complexity index is 867. The van der Waals surface area contributed by atoms with Crippen LogP contribution in [0.5, 0.6) is 5.75 Å². The summed E-state index contributed by atoms with van der Waals surface area (Å²) >= 11 is 0. The average Bonchev–Trinajstić information content (AvgIpc) is 2.78. The zero-order chi connectivity index (χ0) is 21.3. The molecule has 2 amide bonds. The fraction of sp³-hybridized carbons (Fsp3) is 0.348. The Morgan fingerprint density at radius 1 is 1.10 bits per heavy atom. The highest BCUT2D eigenvalue weighted by Crippen LogP contribution is 2.18. The van der Waals surface area contributed by atoms with Gasteiger partial charge in [0, 0.05) is 18.7 Å². The first-order chi connectivity index (χ1) is 14.6. The van der Waals surface area contributed by atoms with Crippen molar-refractivity contribution in [2.45, 2.75) is 32.4 Å². The molecule has 1 aliphatic heterocycles. The van der Waals surface area contributed by atoms with Crippen LogP contribution < -0.4 is 10.1 Å². The summed E-state index contributed by atoms with van der Waals surface area (Å²) in [4.78, 5) is 39.1. The molecule has 7 heteroatoms. The molecule has 158 valence electrons. The molecule has 3 rings (SSSR count). The molecule has 0 aromatic heterocycles. The Kier molecular flexibility index (Phi) is 7.43. The minimum atomic E-state index is -0.898. The van der Waals surface area contributed by atoms with Gasteiger partial charge in [-0.05, 0) is 36.2 Å². The van der Waals surface area contributed by atoms with Crippen molar-refractivity contribution >= 4 is 17.8 Å². The fourth-order valence-corrected chi connectivity index (χ4v) is 3.20. The van der Waals surface area contributed by atoms with E-state index in [1.807, 2.05) is 37.3 Å². The molecule has 2 aromatic rings. The van der Waals surface area contributed by atoms with Crippen molar-refractivity contribution in [2.24, 2.45) is 0 Å². The smallest absolute Gasteiger partial charge is 0.308 e. The molecule has 0 saturated carbocycles. The SMILES string of the molecule is CCCOc1ccc(C(=O)N2CCNC(=O)C2CC(=O)OCc2ccccc2)cc1. The standard InChI is InChI=1S/C23H26N2O5/c1-2-14-29-19-10-8-18(9-11-19)23(28)25-13-12-24-22(27)20(25)15-21(26)30-16-17-6-4-3-5-7-17/h3-11,20H,2,12-16H2,1H3,(H,24,27). The summed E-state index contributed by atoms with van der Waals surface area (Å²) in [7, 11) is 0. The number of nitrogens with one attached hydrogen (secondary N) is 1. The second-order valence-electron chi connectivity index (χ2n) is 7.03. The molecule has 1 fully saturated rings.